The lowest BCUT2D eigenvalue weighted by Crippen LogP contribution is -2.18. The molecule has 1 heterocycles. The Morgan fingerprint density at radius 3 is 2.15 bits per heavy atom. The van der Waals surface area contributed by atoms with Crippen LogP contribution in [0.4, 0.5) is 5.69 Å². The van der Waals surface area contributed by atoms with Gasteiger partial charge in [-0.3, -0.25) is 5.01 Å². The fraction of sp³-hybridized carbons (Fsp3) is 0.0870. The van der Waals surface area contributed by atoms with Crippen LogP contribution in [0.2, 0.25) is 5.02 Å². The van der Waals surface area contributed by atoms with Crippen LogP contribution in [0.25, 0.3) is 6.08 Å². The van der Waals surface area contributed by atoms with Gasteiger partial charge in [-0.15, -0.1) is 0 Å². The van der Waals surface area contributed by atoms with Gasteiger partial charge in [0.05, 0.1) is 17.4 Å². The lowest BCUT2D eigenvalue weighted by Gasteiger charge is -2.24. The number of hydrogen-bond donors (Lipinski definition) is 0. The minimum atomic E-state index is 0.188. The van der Waals surface area contributed by atoms with Crippen LogP contribution in [0.1, 0.15) is 23.6 Å². The molecule has 3 aromatic carbocycles. The molecule has 0 fully saturated rings. The first-order valence-corrected chi connectivity index (χ1v) is 9.08. The summed E-state index contributed by atoms with van der Waals surface area (Å²) in [5.74, 6) is 0. The van der Waals surface area contributed by atoms with Gasteiger partial charge >= 0.3 is 0 Å². The fourth-order valence-electron chi connectivity index (χ4n) is 3.16. The lowest BCUT2D eigenvalue weighted by atomic mass is 10.0. The van der Waals surface area contributed by atoms with Crippen molar-refractivity contribution < 1.29 is 0 Å². The van der Waals surface area contributed by atoms with E-state index in [4.69, 9.17) is 16.7 Å². The summed E-state index contributed by atoms with van der Waals surface area (Å²) < 4.78 is 0. The Hall–Kier alpha value is -2.84. The van der Waals surface area contributed by atoms with Crippen LogP contribution in [-0.2, 0) is 0 Å². The van der Waals surface area contributed by atoms with Crippen molar-refractivity contribution in [1.29, 1.82) is 0 Å². The van der Waals surface area contributed by atoms with E-state index >= 15 is 0 Å². The Balaban J connectivity index is 1.65. The smallest absolute Gasteiger partial charge is 0.0831 e. The summed E-state index contributed by atoms with van der Waals surface area (Å²) in [6, 6.07) is 28.9. The summed E-state index contributed by atoms with van der Waals surface area (Å²) in [5.41, 5.74) is 4.55. The van der Waals surface area contributed by atoms with E-state index in [2.05, 4.69) is 53.6 Å². The second kappa shape index (κ2) is 7.59. The summed E-state index contributed by atoms with van der Waals surface area (Å²) in [5, 5.41) is 7.71. The van der Waals surface area contributed by atoms with E-state index in [0.717, 1.165) is 22.8 Å². The fourth-order valence-corrected chi connectivity index (χ4v) is 3.28. The van der Waals surface area contributed by atoms with Gasteiger partial charge in [-0.2, -0.15) is 5.10 Å². The second-order valence-electron chi connectivity index (χ2n) is 6.29. The number of allylic oxidation sites excluding steroid dienone is 1. The van der Waals surface area contributed by atoms with E-state index in [9.17, 15) is 0 Å². The van der Waals surface area contributed by atoms with E-state index < -0.39 is 0 Å². The molecule has 3 heteroatoms. The molecule has 1 aliphatic rings. The number of hydrazone groups is 1. The maximum absolute atomic E-state index is 6.05. The molecule has 0 bridgehead atoms. The third-order valence-electron chi connectivity index (χ3n) is 4.48. The van der Waals surface area contributed by atoms with Crippen molar-refractivity contribution >= 4 is 29.1 Å². The van der Waals surface area contributed by atoms with E-state index in [0.29, 0.717) is 0 Å². The molecule has 0 radical (unpaired) electrons. The monoisotopic (exact) mass is 358 g/mol. The van der Waals surface area contributed by atoms with Crippen LogP contribution in [0.3, 0.4) is 0 Å². The Morgan fingerprint density at radius 2 is 1.46 bits per heavy atom. The quantitative estimate of drug-likeness (QED) is 0.529. The first-order chi connectivity index (χ1) is 12.8. The number of nitrogens with zero attached hydrogens (tertiary/aromatic N) is 2. The predicted molar refractivity (Wildman–Crippen MR) is 111 cm³/mol. The third kappa shape index (κ3) is 3.71. The first kappa shape index (κ1) is 16.6. The standard InChI is InChI=1S/C23H19ClN2/c24-20-12-15-22(16-13-20)26-23(19-9-5-2-6-10-19)17-21(25-26)14-11-18-7-3-1-4-8-18/h1-16,23H,17H2. The van der Waals surface area contributed by atoms with Crippen LogP contribution in [0, 0.1) is 0 Å². The normalized spacial score (nSPS) is 16.9. The molecule has 0 saturated carbocycles. The number of hydrogen-bond acceptors (Lipinski definition) is 2. The van der Waals surface area contributed by atoms with Gasteiger partial charge in [0, 0.05) is 11.4 Å². The Labute approximate surface area is 159 Å². The van der Waals surface area contributed by atoms with Crippen LogP contribution in [-0.4, -0.2) is 5.71 Å². The van der Waals surface area contributed by atoms with Gasteiger partial charge in [0.25, 0.3) is 0 Å². The molecule has 0 saturated heterocycles. The van der Waals surface area contributed by atoms with Gasteiger partial charge in [0.15, 0.2) is 0 Å². The molecule has 2 nitrogen and oxygen atoms in total. The molecule has 0 aliphatic carbocycles. The molecule has 128 valence electrons. The van der Waals surface area contributed by atoms with Gasteiger partial charge in [-0.05, 0) is 41.5 Å². The van der Waals surface area contributed by atoms with E-state index in [1.165, 1.54) is 11.1 Å². The molecule has 0 aromatic heterocycles. The molecular weight excluding hydrogens is 340 g/mol. The van der Waals surface area contributed by atoms with Crippen molar-refractivity contribution in [3.63, 3.8) is 0 Å². The molecule has 0 spiro atoms. The Bertz CT molecular complexity index is 915. The Kier molecular flexibility index (Phi) is 4.85. The highest BCUT2D eigenvalue weighted by Crippen LogP contribution is 2.35. The first-order valence-electron chi connectivity index (χ1n) is 8.70. The number of benzene rings is 3. The highest BCUT2D eigenvalue weighted by molar-refractivity contribution is 6.30. The van der Waals surface area contributed by atoms with Crippen LogP contribution >= 0.6 is 11.6 Å². The third-order valence-corrected chi connectivity index (χ3v) is 4.73. The molecule has 26 heavy (non-hydrogen) atoms. The molecular formula is C23H19ClN2. The zero-order chi connectivity index (χ0) is 17.8. The van der Waals surface area contributed by atoms with Gasteiger partial charge in [0.1, 0.15) is 0 Å². The highest BCUT2D eigenvalue weighted by Gasteiger charge is 2.27. The maximum Gasteiger partial charge on any atom is 0.0831 e. The highest BCUT2D eigenvalue weighted by atomic mass is 35.5. The zero-order valence-corrected chi connectivity index (χ0v) is 15.1. The SMILES string of the molecule is Clc1ccc(N2N=C(C=Cc3ccccc3)CC2c2ccccc2)cc1. The lowest BCUT2D eigenvalue weighted by molar-refractivity contribution is 0.709. The molecule has 1 aliphatic heterocycles. The minimum absolute atomic E-state index is 0.188. The summed E-state index contributed by atoms with van der Waals surface area (Å²) in [7, 11) is 0. The van der Waals surface area contributed by atoms with Gasteiger partial charge < -0.3 is 0 Å². The zero-order valence-electron chi connectivity index (χ0n) is 14.3. The molecule has 3 aromatic rings. The summed E-state index contributed by atoms with van der Waals surface area (Å²) in [4.78, 5) is 0. The number of anilines is 1. The van der Waals surface area contributed by atoms with Crippen LogP contribution in [0.15, 0.2) is 96.1 Å². The van der Waals surface area contributed by atoms with Gasteiger partial charge in [-0.25, -0.2) is 0 Å². The van der Waals surface area contributed by atoms with Crippen molar-refractivity contribution in [3.05, 3.63) is 107 Å². The van der Waals surface area contributed by atoms with Crippen molar-refractivity contribution in [1.82, 2.24) is 0 Å². The molecule has 1 unspecified atom stereocenters. The van der Waals surface area contributed by atoms with Crippen LogP contribution in [0.5, 0.6) is 0 Å². The Morgan fingerprint density at radius 1 is 0.808 bits per heavy atom. The maximum atomic E-state index is 6.05. The van der Waals surface area contributed by atoms with Crippen LogP contribution < -0.4 is 5.01 Å². The molecule has 0 amide bonds. The van der Waals surface area contributed by atoms with Crippen molar-refractivity contribution in [2.24, 2.45) is 5.10 Å². The minimum Gasteiger partial charge on any atom is -0.257 e. The number of rotatable bonds is 4. The second-order valence-corrected chi connectivity index (χ2v) is 6.72. The van der Waals surface area contributed by atoms with E-state index in [1.54, 1.807) is 0 Å². The molecule has 0 N–H and O–H groups in total. The topological polar surface area (TPSA) is 15.6 Å². The average Bonchev–Trinajstić information content (AvgIpc) is 3.13. The van der Waals surface area contributed by atoms with Crippen molar-refractivity contribution in [2.75, 3.05) is 5.01 Å². The van der Waals surface area contributed by atoms with E-state index in [1.807, 2.05) is 48.5 Å². The summed E-state index contributed by atoms with van der Waals surface area (Å²) in [6.07, 6.45) is 5.10. The molecule has 1 atom stereocenters. The average molecular weight is 359 g/mol. The van der Waals surface area contributed by atoms with E-state index in [-0.39, 0.29) is 6.04 Å². The molecule has 4 rings (SSSR count). The predicted octanol–water partition coefficient (Wildman–Crippen LogP) is 6.36. The van der Waals surface area contributed by atoms with Gasteiger partial charge in [0.2, 0.25) is 0 Å². The number of halogens is 1. The largest absolute Gasteiger partial charge is 0.257 e. The van der Waals surface area contributed by atoms with Crippen molar-refractivity contribution in [2.45, 2.75) is 12.5 Å². The van der Waals surface area contributed by atoms with Crippen molar-refractivity contribution in [3.8, 4) is 0 Å². The summed E-state index contributed by atoms with van der Waals surface area (Å²) in [6.45, 7) is 0. The van der Waals surface area contributed by atoms with Gasteiger partial charge in [-0.1, -0.05) is 78.3 Å². The summed E-state index contributed by atoms with van der Waals surface area (Å²) >= 11 is 6.05.